The largest absolute Gasteiger partial charge is 0.480 e. The topological polar surface area (TPSA) is 49.3 Å². The summed E-state index contributed by atoms with van der Waals surface area (Å²) >= 11 is 1.66. The molecule has 4 heteroatoms. The normalized spacial score (nSPS) is 27.2. The van der Waals surface area contributed by atoms with Crippen molar-refractivity contribution in [2.75, 3.05) is 0 Å². The van der Waals surface area contributed by atoms with Crippen molar-refractivity contribution in [2.45, 2.75) is 45.2 Å². The van der Waals surface area contributed by atoms with Crippen LogP contribution < -0.4 is 5.32 Å². The molecule has 0 amide bonds. The first-order valence-electron chi connectivity index (χ1n) is 5.94. The van der Waals surface area contributed by atoms with Crippen molar-refractivity contribution in [1.29, 1.82) is 0 Å². The summed E-state index contributed by atoms with van der Waals surface area (Å²) < 4.78 is 0. The molecule has 1 aromatic heterocycles. The zero-order valence-corrected chi connectivity index (χ0v) is 11.1. The van der Waals surface area contributed by atoms with Crippen LogP contribution >= 0.6 is 11.3 Å². The van der Waals surface area contributed by atoms with E-state index in [4.69, 9.17) is 0 Å². The summed E-state index contributed by atoms with van der Waals surface area (Å²) in [6, 6.07) is 4.03. The van der Waals surface area contributed by atoms with Crippen LogP contribution in [0.15, 0.2) is 17.5 Å². The van der Waals surface area contributed by atoms with E-state index < -0.39 is 11.5 Å². The SMILES string of the molecule is CC1(C)CCC(NCc2cccs2)(C(=O)O)C1. The van der Waals surface area contributed by atoms with Crippen LogP contribution in [0.2, 0.25) is 0 Å². The van der Waals surface area contributed by atoms with Gasteiger partial charge in [0, 0.05) is 11.4 Å². The Morgan fingerprint density at radius 2 is 2.29 bits per heavy atom. The van der Waals surface area contributed by atoms with E-state index in [2.05, 4.69) is 19.2 Å². The zero-order valence-electron chi connectivity index (χ0n) is 10.3. The number of aliphatic carboxylic acids is 1. The summed E-state index contributed by atoms with van der Waals surface area (Å²) in [5.74, 6) is -0.709. The Kier molecular flexibility index (Phi) is 3.27. The monoisotopic (exact) mass is 253 g/mol. The number of hydrogen-bond donors (Lipinski definition) is 2. The van der Waals surface area contributed by atoms with E-state index in [1.807, 2.05) is 17.5 Å². The molecular formula is C13H19NO2S. The van der Waals surface area contributed by atoms with Crippen molar-refractivity contribution in [3.63, 3.8) is 0 Å². The highest BCUT2D eigenvalue weighted by Gasteiger charge is 2.48. The van der Waals surface area contributed by atoms with E-state index >= 15 is 0 Å². The van der Waals surface area contributed by atoms with Gasteiger partial charge in [0.05, 0.1) is 0 Å². The molecule has 0 bridgehead atoms. The average Bonchev–Trinajstić information content (AvgIpc) is 2.83. The second-order valence-corrected chi connectivity index (χ2v) is 6.69. The summed E-state index contributed by atoms with van der Waals surface area (Å²) in [5.41, 5.74) is -0.603. The van der Waals surface area contributed by atoms with E-state index in [1.54, 1.807) is 11.3 Å². The van der Waals surface area contributed by atoms with E-state index in [9.17, 15) is 9.90 Å². The Labute approximate surface area is 106 Å². The van der Waals surface area contributed by atoms with Crippen LogP contribution in [-0.4, -0.2) is 16.6 Å². The lowest BCUT2D eigenvalue weighted by atomic mass is 9.87. The Bertz CT molecular complexity index is 400. The lowest BCUT2D eigenvalue weighted by Gasteiger charge is -2.27. The molecule has 0 aromatic carbocycles. The molecular weight excluding hydrogens is 234 g/mol. The van der Waals surface area contributed by atoms with Crippen LogP contribution in [0.1, 0.15) is 38.0 Å². The van der Waals surface area contributed by atoms with Gasteiger partial charge in [-0.3, -0.25) is 10.1 Å². The van der Waals surface area contributed by atoms with Gasteiger partial charge >= 0.3 is 5.97 Å². The zero-order chi connectivity index (χ0) is 12.5. The van der Waals surface area contributed by atoms with Gasteiger partial charge in [-0.05, 0) is 36.1 Å². The van der Waals surface area contributed by atoms with Crippen LogP contribution in [0, 0.1) is 5.41 Å². The molecule has 1 heterocycles. The minimum Gasteiger partial charge on any atom is -0.480 e. The average molecular weight is 253 g/mol. The van der Waals surface area contributed by atoms with Gasteiger partial charge in [-0.15, -0.1) is 11.3 Å². The van der Waals surface area contributed by atoms with Crippen molar-refractivity contribution < 1.29 is 9.90 Å². The van der Waals surface area contributed by atoms with Crippen LogP contribution in [0.25, 0.3) is 0 Å². The highest BCUT2D eigenvalue weighted by atomic mass is 32.1. The number of hydrogen-bond acceptors (Lipinski definition) is 3. The number of carboxylic acid groups (broad SMARTS) is 1. The summed E-state index contributed by atoms with van der Waals surface area (Å²) in [5, 5.41) is 14.7. The molecule has 1 aliphatic rings. The molecule has 2 rings (SSSR count). The first-order chi connectivity index (χ1) is 7.94. The van der Waals surface area contributed by atoms with E-state index in [1.165, 1.54) is 4.88 Å². The highest BCUT2D eigenvalue weighted by molar-refractivity contribution is 7.09. The molecule has 0 saturated heterocycles. The molecule has 3 nitrogen and oxygen atoms in total. The van der Waals surface area contributed by atoms with Crippen molar-refractivity contribution in [1.82, 2.24) is 5.32 Å². The second-order valence-electron chi connectivity index (χ2n) is 5.66. The third kappa shape index (κ3) is 2.69. The van der Waals surface area contributed by atoms with Gasteiger partial charge in [0.2, 0.25) is 0 Å². The summed E-state index contributed by atoms with van der Waals surface area (Å²) in [6.07, 6.45) is 2.40. The molecule has 1 unspecified atom stereocenters. The maximum atomic E-state index is 11.5. The highest BCUT2D eigenvalue weighted by Crippen LogP contribution is 2.43. The number of thiophene rings is 1. The lowest BCUT2D eigenvalue weighted by molar-refractivity contribution is -0.145. The number of carboxylic acids is 1. The molecule has 17 heavy (non-hydrogen) atoms. The molecule has 1 atom stereocenters. The third-order valence-electron chi connectivity index (χ3n) is 3.60. The maximum absolute atomic E-state index is 11.5. The Hall–Kier alpha value is -0.870. The third-order valence-corrected chi connectivity index (χ3v) is 4.48. The van der Waals surface area contributed by atoms with Crippen LogP contribution in [0.3, 0.4) is 0 Å². The van der Waals surface area contributed by atoms with Crippen molar-refractivity contribution in [3.8, 4) is 0 Å². The lowest BCUT2D eigenvalue weighted by Crippen LogP contribution is -2.50. The van der Waals surface area contributed by atoms with E-state index in [-0.39, 0.29) is 5.41 Å². The smallest absolute Gasteiger partial charge is 0.323 e. The predicted octanol–water partition coefficient (Wildman–Crippen LogP) is 2.87. The molecule has 1 aliphatic carbocycles. The Morgan fingerprint density at radius 3 is 2.76 bits per heavy atom. The first kappa shape index (κ1) is 12.6. The molecule has 94 valence electrons. The first-order valence-corrected chi connectivity index (χ1v) is 6.82. The molecule has 1 saturated carbocycles. The number of carbonyl (C=O) groups is 1. The standard InChI is InChI=1S/C13H19NO2S/c1-12(2)5-6-13(9-12,11(15)16)14-8-10-4-3-7-17-10/h3-4,7,14H,5-6,8-9H2,1-2H3,(H,15,16). The van der Waals surface area contributed by atoms with Gasteiger partial charge in [-0.25, -0.2) is 0 Å². The van der Waals surface area contributed by atoms with Gasteiger partial charge < -0.3 is 5.11 Å². The van der Waals surface area contributed by atoms with E-state index in [0.29, 0.717) is 13.0 Å². The van der Waals surface area contributed by atoms with Crippen molar-refractivity contribution in [2.24, 2.45) is 5.41 Å². The van der Waals surface area contributed by atoms with Crippen molar-refractivity contribution >= 4 is 17.3 Å². The molecule has 2 N–H and O–H groups in total. The Balaban J connectivity index is 2.06. The molecule has 1 fully saturated rings. The van der Waals surface area contributed by atoms with Crippen LogP contribution in [0.5, 0.6) is 0 Å². The summed E-state index contributed by atoms with van der Waals surface area (Å²) in [7, 11) is 0. The quantitative estimate of drug-likeness (QED) is 0.867. The minimum atomic E-state index is -0.729. The predicted molar refractivity (Wildman–Crippen MR) is 69.2 cm³/mol. The second kappa shape index (κ2) is 4.42. The summed E-state index contributed by atoms with van der Waals surface area (Å²) in [4.78, 5) is 12.7. The molecule has 0 spiro atoms. The fourth-order valence-electron chi connectivity index (χ4n) is 2.62. The molecule has 0 aliphatic heterocycles. The molecule has 0 radical (unpaired) electrons. The van der Waals surface area contributed by atoms with Gasteiger partial charge in [0.1, 0.15) is 5.54 Å². The van der Waals surface area contributed by atoms with Gasteiger partial charge in [-0.2, -0.15) is 0 Å². The van der Waals surface area contributed by atoms with Crippen LogP contribution in [0.4, 0.5) is 0 Å². The van der Waals surface area contributed by atoms with Gasteiger partial charge in [-0.1, -0.05) is 19.9 Å². The minimum absolute atomic E-state index is 0.126. The van der Waals surface area contributed by atoms with Crippen LogP contribution in [-0.2, 0) is 11.3 Å². The fourth-order valence-corrected chi connectivity index (χ4v) is 3.27. The Morgan fingerprint density at radius 1 is 1.53 bits per heavy atom. The van der Waals surface area contributed by atoms with E-state index in [0.717, 1.165) is 12.8 Å². The van der Waals surface area contributed by atoms with Gasteiger partial charge in [0.15, 0.2) is 0 Å². The maximum Gasteiger partial charge on any atom is 0.323 e. The van der Waals surface area contributed by atoms with Crippen molar-refractivity contribution in [3.05, 3.63) is 22.4 Å². The molecule has 1 aromatic rings. The summed E-state index contributed by atoms with van der Waals surface area (Å²) in [6.45, 7) is 4.94. The number of rotatable bonds is 4. The number of nitrogens with one attached hydrogen (secondary N) is 1. The van der Waals surface area contributed by atoms with Gasteiger partial charge in [0.25, 0.3) is 0 Å². The fraction of sp³-hybridized carbons (Fsp3) is 0.615.